The molecule has 2 aromatic carbocycles. The van der Waals surface area contributed by atoms with Crippen LogP contribution < -0.4 is 22.2 Å². The van der Waals surface area contributed by atoms with Gasteiger partial charge in [0.1, 0.15) is 35.1 Å². The molecule has 1 atom stereocenters. The molecular weight excluding hydrogens is 475 g/mol. The van der Waals surface area contributed by atoms with Gasteiger partial charge in [0.15, 0.2) is 0 Å². The SMILES string of the molecule is CC(Nc1ncnc(N)c1C(=N)c1cnc(N)nc1)c1oc2ccccc2c(=O)c1-c1cccc(F)c1. The maximum absolute atomic E-state index is 14.1. The van der Waals surface area contributed by atoms with Crippen molar-refractivity contribution < 1.29 is 8.81 Å². The summed E-state index contributed by atoms with van der Waals surface area (Å²) in [6.07, 6.45) is 4.05. The molecule has 0 radical (unpaired) electrons. The highest BCUT2D eigenvalue weighted by Crippen LogP contribution is 2.32. The molecule has 37 heavy (non-hydrogen) atoms. The van der Waals surface area contributed by atoms with Crippen molar-refractivity contribution in [2.75, 3.05) is 16.8 Å². The van der Waals surface area contributed by atoms with Gasteiger partial charge in [0.2, 0.25) is 11.4 Å². The van der Waals surface area contributed by atoms with Gasteiger partial charge in [-0.2, -0.15) is 0 Å². The average molecular weight is 497 g/mol. The normalized spacial score (nSPS) is 11.8. The van der Waals surface area contributed by atoms with E-state index in [1.54, 1.807) is 37.3 Å². The molecule has 11 heteroatoms. The second kappa shape index (κ2) is 9.46. The zero-order chi connectivity index (χ0) is 26.1. The van der Waals surface area contributed by atoms with Crippen molar-refractivity contribution in [1.29, 1.82) is 5.41 Å². The van der Waals surface area contributed by atoms with Gasteiger partial charge in [-0.25, -0.2) is 24.3 Å². The monoisotopic (exact) mass is 496 g/mol. The van der Waals surface area contributed by atoms with Crippen molar-refractivity contribution in [1.82, 2.24) is 19.9 Å². The highest BCUT2D eigenvalue weighted by molar-refractivity contribution is 6.16. The number of benzene rings is 2. The Labute approximate surface area is 209 Å². The number of hydrogen-bond donors (Lipinski definition) is 4. The number of para-hydroxylation sites is 1. The van der Waals surface area contributed by atoms with Crippen molar-refractivity contribution in [2.45, 2.75) is 13.0 Å². The van der Waals surface area contributed by atoms with Crippen molar-refractivity contribution in [3.05, 3.63) is 100 Å². The number of halogens is 1. The number of nitrogens with zero attached hydrogens (tertiary/aromatic N) is 4. The quantitative estimate of drug-likeness (QED) is 0.254. The van der Waals surface area contributed by atoms with Crippen molar-refractivity contribution in [2.24, 2.45) is 0 Å². The van der Waals surface area contributed by atoms with Crippen molar-refractivity contribution in [3.8, 4) is 11.1 Å². The number of anilines is 3. The van der Waals surface area contributed by atoms with Crippen LogP contribution in [-0.4, -0.2) is 25.6 Å². The Kier molecular flexibility index (Phi) is 6.02. The van der Waals surface area contributed by atoms with Gasteiger partial charge >= 0.3 is 0 Å². The highest BCUT2D eigenvalue weighted by Gasteiger charge is 2.24. The van der Waals surface area contributed by atoms with Crippen LogP contribution in [0.25, 0.3) is 22.1 Å². The van der Waals surface area contributed by atoms with Crippen LogP contribution in [0.4, 0.5) is 22.0 Å². The van der Waals surface area contributed by atoms with E-state index in [9.17, 15) is 9.18 Å². The summed E-state index contributed by atoms with van der Waals surface area (Å²) in [7, 11) is 0. The molecule has 6 N–H and O–H groups in total. The first-order chi connectivity index (χ1) is 17.8. The maximum atomic E-state index is 14.1. The molecule has 0 fully saturated rings. The van der Waals surface area contributed by atoms with Crippen LogP contribution in [0.1, 0.15) is 29.9 Å². The minimum Gasteiger partial charge on any atom is -0.458 e. The first-order valence-electron chi connectivity index (χ1n) is 11.2. The van der Waals surface area contributed by atoms with Gasteiger partial charge in [-0.05, 0) is 36.8 Å². The van der Waals surface area contributed by atoms with Gasteiger partial charge in [0.05, 0.1) is 28.3 Å². The first kappa shape index (κ1) is 23.5. The molecule has 0 aliphatic carbocycles. The smallest absolute Gasteiger partial charge is 0.219 e. The molecule has 5 rings (SSSR count). The molecule has 0 spiro atoms. The van der Waals surface area contributed by atoms with Gasteiger partial charge < -0.3 is 21.2 Å². The van der Waals surface area contributed by atoms with Gasteiger partial charge in [0.25, 0.3) is 0 Å². The molecule has 0 saturated carbocycles. The summed E-state index contributed by atoms with van der Waals surface area (Å²) in [4.78, 5) is 29.7. The summed E-state index contributed by atoms with van der Waals surface area (Å²) in [5, 5.41) is 12.2. The molecule has 10 nitrogen and oxygen atoms in total. The number of aromatic nitrogens is 4. The van der Waals surface area contributed by atoms with Crippen LogP contribution in [0.3, 0.4) is 0 Å². The molecule has 0 bridgehead atoms. The predicted octanol–water partition coefficient (Wildman–Crippen LogP) is 3.93. The molecule has 0 aliphatic rings. The third-order valence-electron chi connectivity index (χ3n) is 5.77. The van der Waals surface area contributed by atoms with E-state index < -0.39 is 11.9 Å². The second-order valence-corrected chi connectivity index (χ2v) is 8.23. The lowest BCUT2D eigenvalue weighted by Crippen LogP contribution is -2.19. The van der Waals surface area contributed by atoms with Crippen LogP contribution >= 0.6 is 0 Å². The first-order valence-corrected chi connectivity index (χ1v) is 11.2. The number of nitrogens with one attached hydrogen (secondary N) is 2. The lowest BCUT2D eigenvalue weighted by molar-refractivity contribution is 0.515. The predicted molar refractivity (Wildman–Crippen MR) is 139 cm³/mol. The van der Waals surface area contributed by atoms with E-state index in [-0.39, 0.29) is 45.6 Å². The lowest BCUT2D eigenvalue weighted by atomic mass is 9.98. The summed E-state index contributed by atoms with van der Waals surface area (Å²) >= 11 is 0. The van der Waals surface area contributed by atoms with Crippen LogP contribution in [0.5, 0.6) is 0 Å². The second-order valence-electron chi connectivity index (χ2n) is 8.23. The fraction of sp³-hybridized carbons (Fsp3) is 0.0769. The Morgan fingerprint density at radius 3 is 2.57 bits per heavy atom. The van der Waals surface area contributed by atoms with Gasteiger partial charge in [-0.1, -0.05) is 24.3 Å². The summed E-state index contributed by atoms with van der Waals surface area (Å²) in [5.41, 5.74) is 12.9. The summed E-state index contributed by atoms with van der Waals surface area (Å²) < 4.78 is 20.3. The van der Waals surface area contributed by atoms with Crippen LogP contribution in [0.15, 0.2) is 76.5 Å². The fourth-order valence-electron chi connectivity index (χ4n) is 4.02. The van der Waals surface area contributed by atoms with Crippen molar-refractivity contribution >= 4 is 34.3 Å². The Balaban J connectivity index is 1.63. The van der Waals surface area contributed by atoms with Gasteiger partial charge in [-0.15, -0.1) is 0 Å². The topological polar surface area (TPSA) is 170 Å². The number of nitrogen functional groups attached to an aromatic ring is 2. The van der Waals surface area contributed by atoms with Crippen LogP contribution in [0.2, 0.25) is 0 Å². The molecule has 3 aromatic heterocycles. The van der Waals surface area contributed by atoms with Crippen molar-refractivity contribution in [3.63, 3.8) is 0 Å². The Hall–Kier alpha value is -5.19. The average Bonchev–Trinajstić information content (AvgIpc) is 2.89. The molecule has 3 heterocycles. The Morgan fingerprint density at radius 1 is 1.05 bits per heavy atom. The number of hydrogen-bond acceptors (Lipinski definition) is 10. The zero-order valence-corrected chi connectivity index (χ0v) is 19.6. The van der Waals surface area contributed by atoms with E-state index in [2.05, 4.69) is 25.3 Å². The Morgan fingerprint density at radius 2 is 1.81 bits per heavy atom. The van der Waals surface area contributed by atoms with E-state index in [1.165, 1.54) is 36.9 Å². The minimum absolute atomic E-state index is 0.0295. The largest absolute Gasteiger partial charge is 0.458 e. The third-order valence-corrected chi connectivity index (χ3v) is 5.77. The number of rotatable bonds is 6. The molecule has 0 saturated heterocycles. The lowest BCUT2D eigenvalue weighted by Gasteiger charge is -2.20. The number of nitrogens with two attached hydrogens (primary N) is 2. The molecule has 184 valence electrons. The minimum atomic E-state index is -0.654. The molecular formula is C26H21FN8O2. The van der Waals surface area contributed by atoms with E-state index >= 15 is 0 Å². The third kappa shape index (κ3) is 4.45. The van der Waals surface area contributed by atoms with E-state index in [0.717, 1.165) is 0 Å². The maximum Gasteiger partial charge on any atom is 0.219 e. The molecule has 0 aliphatic heterocycles. The summed E-state index contributed by atoms with van der Waals surface area (Å²) in [5.74, 6) is 0.123. The van der Waals surface area contributed by atoms with Gasteiger partial charge in [-0.3, -0.25) is 10.2 Å². The highest BCUT2D eigenvalue weighted by atomic mass is 19.1. The summed E-state index contributed by atoms with van der Waals surface area (Å²) in [6.45, 7) is 1.76. The van der Waals surface area contributed by atoms with Gasteiger partial charge in [0, 0.05) is 18.0 Å². The van der Waals surface area contributed by atoms with E-state index in [4.69, 9.17) is 21.3 Å². The molecule has 1 unspecified atom stereocenters. The Bertz CT molecular complexity index is 1700. The standard InChI is InChI=1S/C26H21FN8O2/c1-13(35-25-20(24(29)33-12-34-25)21(28)15-10-31-26(30)32-11-15)23-19(14-5-4-6-16(27)9-14)22(36)17-7-2-3-8-18(17)37-23/h2-13,28H,1H3,(H2,30,31,32)(H3,29,33,34,35). The van der Waals surface area contributed by atoms with E-state index in [0.29, 0.717) is 22.1 Å². The summed E-state index contributed by atoms with van der Waals surface area (Å²) in [6, 6.07) is 11.9. The van der Waals surface area contributed by atoms with E-state index in [1.807, 2.05) is 0 Å². The fourth-order valence-corrected chi connectivity index (χ4v) is 4.02. The number of fused-ring (bicyclic) bond motifs is 1. The van der Waals surface area contributed by atoms with Crippen LogP contribution in [-0.2, 0) is 0 Å². The zero-order valence-electron chi connectivity index (χ0n) is 19.6. The van der Waals surface area contributed by atoms with Crippen LogP contribution in [0, 0.1) is 11.2 Å². The molecule has 5 aromatic rings. The molecule has 0 amide bonds.